The number of amides is 9. The molecule has 0 spiro atoms. The number of unbranched alkanes of at least 4 members (excludes halogenated alkanes) is 2. The van der Waals surface area contributed by atoms with E-state index in [4.69, 9.17) is 24.8 Å². The Balaban J connectivity index is 1.15. The van der Waals surface area contributed by atoms with Crippen molar-refractivity contribution in [3.05, 3.63) is 101 Å². The van der Waals surface area contributed by atoms with E-state index in [1.807, 2.05) is 85.7 Å². The lowest BCUT2D eigenvalue weighted by Gasteiger charge is -2.41. The number of hydroxylamine groups is 2. The SMILES string of the molecule is CC[C@H](C)[C@@H]([C@@H](CC(=O)N1CCC[C@H]1C(OC)[C@@H](C)C(=O)C[C@H](C)[C@@H](O)c1ccccc1)OC)N(C)C(=O)[C@@H](CC(=O)[C@H](C(C)C)N(C)C(=O)OCc1ccc(NC(=O)[C@H](CCCNC(N)=O)CC(=O)[C@@H](NC(=O)CCCCCON2C(=O)c3ccccc3C2=O)C(C)C)cc1)C(C)C. The van der Waals surface area contributed by atoms with Gasteiger partial charge in [-0.25, -0.2) is 9.59 Å². The van der Waals surface area contributed by atoms with Gasteiger partial charge in [-0.15, -0.1) is 5.06 Å². The zero-order chi connectivity index (χ0) is 73.4. The zero-order valence-electron chi connectivity index (χ0n) is 60.6. The van der Waals surface area contributed by atoms with Crippen LogP contribution in [0, 0.1) is 47.3 Å². The van der Waals surface area contributed by atoms with E-state index in [-0.39, 0.29) is 140 Å². The van der Waals surface area contributed by atoms with Crippen molar-refractivity contribution in [3.63, 3.8) is 0 Å². The standard InChI is InChI=1S/C75H110N8O16/c1-15-48(8)67(62(96-13)43-64(88)82-38-25-31-58(82)69(97-14)50(10)59(84)40-49(9)68(89)52-26-18-16-19-27-52)80(11)71(91)57(45(2)3)42-61(86)66(47(6)7)81(12)75(95)98-44-51-33-35-54(36-34-51)78-70(90)53(28-24-37-77-74(76)94)41-60(85)65(46(4)5)79-63(87)32-20-17-23-39-99-83-72(92)55-29-21-22-30-56(55)73(83)93/h16,18-19,21-22,26-27,29-30,33-36,45-50,53,57-58,62,65-69,89H,15,17,20,23-25,28,31-32,37-44H2,1-14H3,(H,78,90)(H,79,87)(H3,76,77,94)/t48-,49-,50-,53+,57-,58-,62+,65-,66-,67-,68+,69?/m0/s1. The van der Waals surface area contributed by atoms with Crippen LogP contribution in [0.5, 0.6) is 0 Å². The van der Waals surface area contributed by atoms with Crippen molar-refractivity contribution in [1.29, 1.82) is 0 Å². The number of fused-ring (bicyclic) bond motifs is 1. The van der Waals surface area contributed by atoms with Crippen molar-refractivity contribution in [2.24, 2.45) is 53.1 Å². The van der Waals surface area contributed by atoms with Crippen LogP contribution in [0.2, 0.25) is 0 Å². The summed E-state index contributed by atoms with van der Waals surface area (Å²) < 4.78 is 17.9. The number of ketones is 3. The number of carbonyl (C=O) groups is 11. The highest BCUT2D eigenvalue weighted by Gasteiger charge is 2.44. The number of Topliss-reactive ketones (excluding diaryl/α,β-unsaturated/α-hetero) is 3. The summed E-state index contributed by atoms with van der Waals surface area (Å²) in [7, 11) is 6.24. The molecule has 0 aliphatic carbocycles. The van der Waals surface area contributed by atoms with Gasteiger partial charge in [-0.2, -0.15) is 0 Å². The number of urea groups is 1. The molecule has 99 heavy (non-hydrogen) atoms. The first-order valence-corrected chi connectivity index (χ1v) is 35.1. The highest BCUT2D eigenvalue weighted by molar-refractivity contribution is 6.20. The number of methoxy groups -OCH3 is 2. The largest absolute Gasteiger partial charge is 0.445 e. The van der Waals surface area contributed by atoms with Crippen molar-refractivity contribution < 1.29 is 76.9 Å². The molecule has 0 aromatic heterocycles. The van der Waals surface area contributed by atoms with Crippen LogP contribution < -0.4 is 21.7 Å². The average Bonchev–Trinajstić information content (AvgIpc) is 1.71. The Morgan fingerprint density at radius 1 is 0.697 bits per heavy atom. The first-order chi connectivity index (χ1) is 47.0. The summed E-state index contributed by atoms with van der Waals surface area (Å²) in [5.41, 5.74) is 7.50. The molecular formula is C75H110N8O16. The summed E-state index contributed by atoms with van der Waals surface area (Å²) in [5.74, 6) is -6.91. The average molecular weight is 1380 g/mol. The fourth-order valence-electron chi connectivity index (χ4n) is 13.6. The minimum absolute atomic E-state index is 0.0565. The van der Waals surface area contributed by atoms with Crippen molar-refractivity contribution in [2.75, 3.05) is 53.3 Å². The number of primary amides is 1. The number of likely N-dealkylation sites (N-methyl/N-ethyl adjacent to an activating group) is 2. The predicted octanol–water partition coefficient (Wildman–Crippen LogP) is 9.65. The Hall–Kier alpha value is -7.93. The summed E-state index contributed by atoms with van der Waals surface area (Å²) in [5, 5.41) is 20.0. The van der Waals surface area contributed by atoms with Crippen molar-refractivity contribution in [1.82, 2.24) is 30.4 Å². The molecule has 9 amide bonds. The van der Waals surface area contributed by atoms with Crippen LogP contribution in [0.3, 0.4) is 0 Å². The number of aliphatic hydroxyl groups is 1. The smallest absolute Gasteiger partial charge is 0.410 e. The molecule has 2 aliphatic rings. The van der Waals surface area contributed by atoms with Crippen LogP contribution in [0.25, 0.3) is 0 Å². The molecule has 24 nitrogen and oxygen atoms in total. The number of nitrogens with two attached hydrogens (primary N) is 1. The van der Waals surface area contributed by atoms with E-state index in [1.54, 1.807) is 86.3 Å². The number of carbonyl (C=O) groups excluding carboxylic acids is 11. The molecule has 1 unspecified atom stereocenters. The van der Waals surface area contributed by atoms with Gasteiger partial charge < -0.3 is 55.7 Å². The number of hydrogen-bond acceptors (Lipinski definition) is 16. The van der Waals surface area contributed by atoms with Crippen LogP contribution in [-0.2, 0) is 59.2 Å². The molecule has 2 aliphatic heterocycles. The van der Waals surface area contributed by atoms with Gasteiger partial charge in [0.1, 0.15) is 12.4 Å². The fraction of sp³-hybridized carbons (Fsp3) is 0.613. The minimum Gasteiger partial charge on any atom is -0.445 e. The van der Waals surface area contributed by atoms with Crippen LogP contribution >= 0.6 is 0 Å². The number of aliphatic hydroxyl groups excluding tert-OH is 1. The van der Waals surface area contributed by atoms with Gasteiger partial charge in [0.05, 0.1) is 66.6 Å². The summed E-state index contributed by atoms with van der Waals surface area (Å²) in [6.07, 6.45) is 0.740. The molecule has 3 aromatic rings. The number of rotatable bonds is 42. The Bertz CT molecular complexity index is 3160. The van der Waals surface area contributed by atoms with E-state index in [0.717, 1.165) is 10.6 Å². The number of anilines is 1. The number of nitrogens with zero attached hydrogens (tertiary/aromatic N) is 4. The molecule has 0 radical (unpaired) electrons. The van der Waals surface area contributed by atoms with Crippen molar-refractivity contribution >= 4 is 70.6 Å². The Kier molecular flexibility index (Phi) is 32.8. The van der Waals surface area contributed by atoms with Gasteiger partial charge in [0.15, 0.2) is 11.6 Å². The van der Waals surface area contributed by atoms with Crippen LogP contribution in [0.1, 0.15) is 191 Å². The van der Waals surface area contributed by atoms with Crippen LogP contribution in [0.15, 0.2) is 78.9 Å². The number of hydrogen-bond donors (Lipinski definition) is 5. The van der Waals surface area contributed by atoms with E-state index in [9.17, 15) is 57.8 Å². The Morgan fingerprint density at radius 2 is 1.33 bits per heavy atom. The normalized spacial score (nSPS) is 17.1. The quantitative estimate of drug-likeness (QED) is 0.0260. The summed E-state index contributed by atoms with van der Waals surface area (Å²) >= 11 is 0. The van der Waals surface area contributed by atoms with E-state index in [0.29, 0.717) is 62.7 Å². The Labute approximate surface area is 584 Å². The topological polar surface area (TPSA) is 320 Å². The zero-order valence-corrected chi connectivity index (χ0v) is 60.6. The van der Waals surface area contributed by atoms with Crippen molar-refractivity contribution in [3.8, 4) is 0 Å². The van der Waals surface area contributed by atoms with Gasteiger partial charge >= 0.3 is 12.1 Å². The summed E-state index contributed by atoms with van der Waals surface area (Å²) in [6.45, 7) is 19.1. The maximum atomic E-state index is 14.9. The van der Waals surface area contributed by atoms with E-state index in [2.05, 4.69) is 16.0 Å². The lowest BCUT2D eigenvalue weighted by Crippen LogP contribution is -2.54. The second-order valence-corrected chi connectivity index (χ2v) is 27.8. The number of likely N-dealkylation sites (tertiary alicyclic amines) is 1. The van der Waals surface area contributed by atoms with Gasteiger partial charge in [-0.05, 0) is 104 Å². The highest BCUT2D eigenvalue weighted by atomic mass is 16.7. The molecular weight excluding hydrogens is 1270 g/mol. The third kappa shape index (κ3) is 23.1. The molecule has 3 aromatic carbocycles. The molecule has 1 saturated heterocycles. The Morgan fingerprint density at radius 3 is 1.91 bits per heavy atom. The number of nitrogens with one attached hydrogen (secondary N) is 3. The van der Waals surface area contributed by atoms with E-state index < -0.39 is 84.0 Å². The lowest BCUT2D eigenvalue weighted by atomic mass is 9.83. The van der Waals surface area contributed by atoms with Crippen LogP contribution in [0.4, 0.5) is 15.3 Å². The van der Waals surface area contributed by atoms with Crippen LogP contribution in [-0.4, -0.2) is 174 Å². The van der Waals surface area contributed by atoms with Gasteiger partial charge in [-0.1, -0.05) is 137 Å². The molecule has 546 valence electrons. The number of ether oxygens (including phenoxy) is 3. The second-order valence-electron chi connectivity index (χ2n) is 27.8. The minimum atomic E-state index is -0.971. The molecule has 5 rings (SSSR count). The predicted molar refractivity (Wildman–Crippen MR) is 374 cm³/mol. The highest BCUT2D eigenvalue weighted by Crippen LogP contribution is 2.34. The monoisotopic (exact) mass is 1380 g/mol. The first kappa shape index (κ1) is 81.7. The molecule has 2 heterocycles. The molecule has 0 bridgehead atoms. The number of benzene rings is 3. The van der Waals surface area contributed by atoms with Crippen molar-refractivity contribution in [2.45, 2.75) is 202 Å². The van der Waals surface area contributed by atoms with E-state index >= 15 is 0 Å². The summed E-state index contributed by atoms with van der Waals surface area (Å²) in [4.78, 5) is 159. The van der Waals surface area contributed by atoms with Gasteiger partial charge in [0.2, 0.25) is 23.6 Å². The molecule has 0 saturated carbocycles. The van der Waals surface area contributed by atoms with Gasteiger partial charge in [0.25, 0.3) is 11.8 Å². The first-order valence-electron chi connectivity index (χ1n) is 35.1. The lowest BCUT2D eigenvalue weighted by molar-refractivity contribution is -0.149. The third-order valence-corrected chi connectivity index (χ3v) is 19.6. The molecule has 12 atom stereocenters. The maximum Gasteiger partial charge on any atom is 0.410 e. The van der Waals surface area contributed by atoms with Gasteiger partial charge in [-0.3, -0.25) is 48.0 Å². The molecule has 24 heteroatoms. The fourth-order valence-corrected chi connectivity index (χ4v) is 13.6. The summed E-state index contributed by atoms with van der Waals surface area (Å²) in [6, 6.07) is 18.6. The second kappa shape index (κ2) is 39.8. The number of imide groups is 1. The third-order valence-electron chi connectivity index (χ3n) is 19.6. The van der Waals surface area contributed by atoms with E-state index in [1.165, 1.54) is 19.1 Å². The van der Waals surface area contributed by atoms with Gasteiger partial charge in [0, 0.05) is 90.5 Å². The molecule has 1 fully saturated rings. The molecule has 6 N–H and O–H groups in total. The maximum absolute atomic E-state index is 14.9.